The Labute approximate surface area is 84.5 Å². The number of nitrogens with two attached hydrogens (primary N) is 1. The highest BCUT2D eigenvalue weighted by Gasteiger charge is 2.50. The van der Waals surface area contributed by atoms with Gasteiger partial charge in [0.05, 0.1) is 6.04 Å². The highest BCUT2D eigenvalue weighted by molar-refractivity contribution is 5.09. The van der Waals surface area contributed by atoms with Gasteiger partial charge in [-0.25, -0.2) is 0 Å². The summed E-state index contributed by atoms with van der Waals surface area (Å²) in [5.41, 5.74) is 6.55. The second-order valence-corrected chi connectivity index (χ2v) is 4.99. The summed E-state index contributed by atoms with van der Waals surface area (Å²) in [4.78, 5) is 0. The first-order valence-corrected chi connectivity index (χ1v) is 5.05. The van der Waals surface area contributed by atoms with Crippen molar-refractivity contribution in [3.8, 4) is 0 Å². The SMILES string of the molecule is Cc1nnc(C(N)C2CC2(C)C)n1C. The van der Waals surface area contributed by atoms with E-state index in [0.29, 0.717) is 11.3 Å². The molecule has 14 heavy (non-hydrogen) atoms. The van der Waals surface area contributed by atoms with Crippen LogP contribution in [0.25, 0.3) is 0 Å². The summed E-state index contributed by atoms with van der Waals surface area (Å²) >= 11 is 0. The number of aromatic nitrogens is 3. The molecule has 1 aromatic rings. The molecule has 1 fully saturated rings. The summed E-state index contributed by atoms with van der Waals surface area (Å²) in [5.74, 6) is 2.40. The summed E-state index contributed by atoms with van der Waals surface area (Å²) in [6.07, 6.45) is 1.19. The predicted octanol–water partition coefficient (Wildman–Crippen LogP) is 1.17. The van der Waals surface area contributed by atoms with E-state index >= 15 is 0 Å². The molecule has 0 aliphatic heterocycles. The van der Waals surface area contributed by atoms with Crippen LogP contribution in [0.4, 0.5) is 0 Å². The molecule has 1 aromatic heterocycles. The van der Waals surface area contributed by atoms with Gasteiger partial charge in [0.2, 0.25) is 0 Å². The average molecular weight is 194 g/mol. The molecule has 4 nitrogen and oxygen atoms in total. The van der Waals surface area contributed by atoms with Gasteiger partial charge in [-0.1, -0.05) is 13.8 Å². The molecular formula is C10H18N4. The zero-order chi connectivity index (χ0) is 10.5. The van der Waals surface area contributed by atoms with Crippen molar-refractivity contribution in [2.75, 3.05) is 0 Å². The van der Waals surface area contributed by atoms with E-state index in [9.17, 15) is 0 Å². The molecule has 0 bridgehead atoms. The third-order valence-electron chi connectivity index (χ3n) is 3.45. The molecule has 1 aliphatic carbocycles. The molecule has 1 aliphatic rings. The van der Waals surface area contributed by atoms with E-state index in [1.54, 1.807) is 0 Å². The second-order valence-electron chi connectivity index (χ2n) is 4.99. The van der Waals surface area contributed by atoms with E-state index < -0.39 is 0 Å². The Morgan fingerprint density at radius 3 is 2.43 bits per heavy atom. The van der Waals surface area contributed by atoms with E-state index in [1.165, 1.54) is 6.42 Å². The van der Waals surface area contributed by atoms with Gasteiger partial charge in [0.15, 0.2) is 0 Å². The minimum Gasteiger partial charge on any atom is -0.321 e. The molecule has 0 saturated heterocycles. The molecule has 78 valence electrons. The summed E-state index contributed by atoms with van der Waals surface area (Å²) in [6.45, 7) is 6.45. The van der Waals surface area contributed by atoms with Crippen molar-refractivity contribution in [2.24, 2.45) is 24.1 Å². The molecule has 1 saturated carbocycles. The zero-order valence-corrected chi connectivity index (χ0v) is 9.28. The van der Waals surface area contributed by atoms with Gasteiger partial charge >= 0.3 is 0 Å². The summed E-state index contributed by atoms with van der Waals surface area (Å²) < 4.78 is 1.99. The normalized spacial score (nSPS) is 26.2. The molecule has 2 atom stereocenters. The highest BCUT2D eigenvalue weighted by atomic mass is 15.3. The number of hydrogen-bond acceptors (Lipinski definition) is 3. The molecule has 0 amide bonds. The maximum atomic E-state index is 6.17. The van der Waals surface area contributed by atoms with Crippen LogP contribution in [0.15, 0.2) is 0 Å². The highest BCUT2D eigenvalue weighted by Crippen LogP contribution is 2.56. The van der Waals surface area contributed by atoms with Gasteiger partial charge in [-0.3, -0.25) is 0 Å². The van der Waals surface area contributed by atoms with Crippen LogP contribution in [0.3, 0.4) is 0 Å². The van der Waals surface area contributed by atoms with Gasteiger partial charge in [0.1, 0.15) is 11.6 Å². The zero-order valence-electron chi connectivity index (χ0n) is 9.28. The lowest BCUT2D eigenvalue weighted by molar-refractivity contribution is 0.466. The maximum Gasteiger partial charge on any atom is 0.150 e. The Bertz CT molecular complexity index is 353. The van der Waals surface area contributed by atoms with Crippen LogP contribution in [-0.4, -0.2) is 14.8 Å². The van der Waals surface area contributed by atoms with Crippen LogP contribution in [0, 0.1) is 18.3 Å². The van der Waals surface area contributed by atoms with Gasteiger partial charge in [0.25, 0.3) is 0 Å². The minimum atomic E-state index is 0.0381. The largest absolute Gasteiger partial charge is 0.321 e. The Kier molecular flexibility index (Phi) is 1.93. The number of aryl methyl sites for hydroxylation is 1. The van der Waals surface area contributed by atoms with Gasteiger partial charge in [-0.15, -0.1) is 10.2 Å². The molecule has 2 unspecified atom stereocenters. The van der Waals surface area contributed by atoms with Gasteiger partial charge in [0, 0.05) is 7.05 Å². The number of nitrogens with zero attached hydrogens (tertiary/aromatic N) is 3. The lowest BCUT2D eigenvalue weighted by Gasteiger charge is -2.12. The summed E-state index contributed by atoms with van der Waals surface area (Å²) in [5, 5.41) is 8.16. The summed E-state index contributed by atoms with van der Waals surface area (Å²) in [6, 6.07) is 0.0381. The van der Waals surface area contributed by atoms with E-state index in [-0.39, 0.29) is 6.04 Å². The fraction of sp³-hybridized carbons (Fsp3) is 0.800. The van der Waals surface area contributed by atoms with Crippen LogP contribution in [-0.2, 0) is 7.05 Å². The monoisotopic (exact) mass is 194 g/mol. The van der Waals surface area contributed by atoms with Crippen molar-refractivity contribution < 1.29 is 0 Å². The molecule has 1 heterocycles. The van der Waals surface area contributed by atoms with Gasteiger partial charge in [-0.2, -0.15) is 0 Å². The molecular weight excluding hydrogens is 176 g/mol. The van der Waals surface area contributed by atoms with E-state index in [0.717, 1.165) is 11.6 Å². The van der Waals surface area contributed by atoms with Crippen LogP contribution in [0.2, 0.25) is 0 Å². The van der Waals surface area contributed by atoms with Crippen LogP contribution >= 0.6 is 0 Å². The van der Waals surface area contributed by atoms with Crippen molar-refractivity contribution in [2.45, 2.75) is 33.2 Å². The van der Waals surface area contributed by atoms with Gasteiger partial charge < -0.3 is 10.3 Å². The Balaban J connectivity index is 2.20. The molecule has 0 radical (unpaired) electrons. The average Bonchev–Trinajstić information content (AvgIpc) is 2.61. The Morgan fingerprint density at radius 2 is 2.07 bits per heavy atom. The quantitative estimate of drug-likeness (QED) is 0.769. The Morgan fingerprint density at radius 1 is 1.50 bits per heavy atom. The predicted molar refractivity (Wildman–Crippen MR) is 54.6 cm³/mol. The third-order valence-corrected chi connectivity index (χ3v) is 3.45. The van der Waals surface area contributed by atoms with Crippen LogP contribution in [0.5, 0.6) is 0 Å². The smallest absolute Gasteiger partial charge is 0.150 e. The van der Waals surface area contributed by atoms with Crippen molar-refractivity contribution in [1.82, 2.24) is 14.8 Å². The molecule has 0 aromatic carbocycles. The summed E-state index contributed by atoms with van der Waals surface area (Å²) in [7, 11) is 1.97. The topological polar surface area (TPSA) is 56.7 Å². The molecule has 2 N–H and O–H groups in total. The first kappa shape index (κ1) is 9.65. The van der Waals surface area contributed by atoms with Crippen LogP contribution in [0.1, 0.15) is 38.0 Å². The molecule has 4 heteroatoms. The van der Waals surface area contributed by atoms with E-state index in [1.807, 2.05) is 18.5 Å². The first-order valence-electron chi connectivity index (χ1n) is 5.05. The number of hydrogen-bond donors (Lipinski definition) is 1. The van der Waals surface area contributed by atoms with Crippen LogP contribution < -0.4 is 5.73 Å². The van der Waals surface area contributed by atoms with E-state index in [2.05, 4.69) is 24.0 Å². The van der Waals surface area contributed by atoms with Crippen molar-refractivity contribution in [3.05, 3.63) is 11.6 Å². The fourth-order valence-electron chi connectivity index (χ4n) is 2.01. The maximum absolute atomic E-state index is 6.17. The fourth-order valence-corrected chi connectivity index (χ4v) is 2.01. The third kappa shape index (κ3) is 1.34. The second kappa shape index (κ2) is 2.79. The first-order chi connectivity index (χ1) is 6.43. The van der Waals surface area contributed by atoms with Crippen molar-refractivity contribution >= 4 is 0 Å². The van der Waals surface area contributed by atoms with Gasteiger partial charge in [-0.05, 0) is 24.7 Å². The Hall–Kier alpha value is -0.900. The van der Waals surface area contributed by atoms with Crippen molar-refractivity contribution in [1.29, 1.82) is 0 Å². The van der Waals surface area contributed by atoms with E-state index in [4.69, 9.17) is 5.73 Å². The molecule has 0 spiro atoms. The lowest BCUT2D eigenvalue weighted by atomic mass is 10.0. The standard InChI is InChI=1S/C10H18N4/c1-6-12-13-9(14(6)4)8(11)7-5-10(7,2)3/h7-8H,5,11H2,1-4H3. The lowest BCUT2D eigenvalue weighted by Crippen LogP contribution is -2.19. The molecule has 2 rings (SSSR count). The van der Waals surface area contributed by atoms with Crippen molar-refractivity contribution in [3.63, 3.8) is 0 Å². The minimum absolute atomic E-state index is 0.0381. The number of rotatable bonds is 2.